The molecule has 1 atom stereocenters. The van der Waals surface area contributed by atoms with Crippen LogP contribution >= 0.6 is 0 Å². The SMILES string of the molecule is CCOc1ccc(C(=O)CCc2ccc3c(c2)CN(C2CCC(=O)NC2=O)C3=O)cn1. The molecule has 1 unspecified atom stereocenters. The third kappa shape index (κ3) is 4.33. The number of ketones is 1. The van der Waals surface area contributed by atoms with Crippen molar-refractivity contribution in [3.05, 3.63) is 58.8 Å². The van der Waals surface area contributed by atoms with Gasteiger partial charge in [-0.25, -0.2) is 4.98 Å². The lowest BCUT2D eigenvalue weighted by molar-refractivity contribution is -0.136. The summed E-state index contributed by atoms with van der Waals surface area (Å²) < 4.78 is 5.29. The first-order valence-electron chi connectivity index (χ1n) is 10.3. The summed E-state index contributed by atoms with van der Waals surface area (Å²) in [7, 11) is 0. The van der Waals surface area contributed by atoms with Crippen LogP contribution in [-0.2, 0) is 22.6 Å². The molecule has 31 heavy (non-hydrogen) atoms. The van der Waals surface area contributed by atoms with Gasteiger partial charge in [-0.05, 0) is 43.0 Å². The summed E-state index contributed by atoms with van der Waals surface area (Å²) in [6, 6.07) is 8.27. The van der Waals surface area contributed by atoms with Crippen LogP contribution in [0, 0.1) is 0 Å². The van der Waals surface area contributed by atoms with E-state index in [1.807, 2.05) is 19.1 Å². The minimum atomic E-state index is -0.630. The van der Waals surface area contributed by atoms with Crippen molar-refractivity contribution in [3.8, 4) is 5.88 Å². The molecular weight excluding hydrogens is 398 g/mol. The fourth-order valence-corrected chi connectivity index (χ4v) is 3.96. The molecule has 0 radical (unpaired) electrons. The monoisotopic (exact) mass is 421 g/mol. The van der Waals surface area contributed by atoms with E-state index in [0.29, 0.717) is 49.4 Å². The molecule has 8 nitrogen and oxygen atoms in total. The summed E-state index contributed by atoms with van der Waals surface area (Å²) in [5.41, 5.74) is 2.88. The van der Waals surface area contributed by atoms with Crippen LogP contribution in [0.3, 0.4) is 0 Å². The highest BCUT2D eigenvalue weighted by Gasteiger charge is 2.39. The first-order valence-corrected chi connectivity index (χ1v) is 10.3. The molecule has 1 saturated heterocycles. The lowest BCUT2D eigenvalue weighted by Crippen LogP contribution is -2.52. The number of carbonyl (C=O) groups is 4. The number of nitrogens with zero attached hydrogens (tertiary/aromatic N) is 2. The number of Topliss-reactive ketones (excluding diaryl/α,β-unsaturated/α-hetero) is 1. The number of aryl methyl sites for hydroxylation is 1. The van der Waals surface area contributed by atoms with E-state index in [9.17, 15) is 19.2 Å². The average molecular weight is 421 g/mol. The van der Waals surface area contributed by atoms with Crippen molar-refractivity contribution in [3.63, 3.8) is 0 Å². The number of carbonyl (C=O) groups excluding carboxylic acids is 4. The number of fused-ring (bicyclic) bond motifs is 1. The van der Waals surface area contributed by atoms with E-state index in [0.717, 1.165) is 11.1 Å². The molecule has 1 aromatic carbocycles. The Hall–Kier alpha value is -3.55. The molecule has 3 heterocycles. The number of amides is 3. The van der Waals surface area contributed by atoms with Gasteiger partial charge in [0.05, 0.1) is 6.61 Å². The van der Waals surface area contributed by atoms with E-state index in [1.54, 1.807) is 18.2 Å². The summed E-state index contributed by atoms with van der Waals surface area (Å²) in [6.07, 6.45) is 2.93. The van der Waals surface area contributed by atoms with E-state index in [1.165, 1.54) is 11.1 Å². The molecule has 0 aliphatic carbocycles. The molecule has 0 bridgehead atoms. The number of hydrogen-bond acceptors (Lipinski definition) is 6. The van der Waals surface area contributed by atoms with Gasteiger partial charge in [0, 0.05) is 42.8 Å². The Labute approximate surface area is 179 Å². The number of ether oxygens (including phenoxy) is 1. The molecule has 0 saturated carbocycles. The van der Waals surface area contributed by atoms with Gasteiger partial charge >= 0.3 is 0 Å². The summed E-state index contributed by atoms with van der Waals surface area (Å²) in [4.78, 5) is 54.4. The van der Waals surface area contributed by atoms with Crippen molar-refractivity contribution < 1.29 is 23.9 Å². The minimum absolute atomic E-state index is 0.0164. The number of piperidine rings is 1. The second-order valence-electron chi connectivity index (χ2n) is 7.63. The van der Waals surface area contributed by atoms with Crippen LogP contribution < -0.4 is 10.1 Å². The van der Waals surface area contributed by atoms with Gasteiger partial charge in [-0.2, -0.15) is 0 Å². The van der Waals surface area contributed by atoms with Crippen LogP contribution in [0.1, 0.15) is 58.0 Å². The highest BCUT2D eigenvalue weighted by atomic mass is 16.5. The number of benzene rings is 1. The molecular formula is C23H23N3O5. The fourth-order valence-electron chi connectivity index (χ4n) is 3.96. The number of rotatable bonds is 7. The smallest absolute Gasteiger partial charge is 0.255 e. The van der Waals surface area contributed by atoms with E-state index in [4.69, 9.17) is 4.74 Å². The fraction of sp³-hybridized carbons (Fsp3) is 0.348. The Balaban J connectivity index is 1.39. The quantitative estimate of drug-likeness (QED) is 0.542. The van der Waals surface area contributed by atoms with Crippen LogP contribution in [0.2, 0.25) is 0 Å². The zero-order chi connectivity index (χ0) is 22.0. The van der Waals surface area contributed by atoms with Crippen molar-refractivity contribution >= 4 is 23.5 Å². The summed E-state index contributed by atoms with van der Waals surface area (Å²) >= 11 is 0. The van der Waals surface area contributed by atoms with Gasteiger partial charge in [-0.1, -0.05) is 12.1 Å². The van der Waals surface area contributed by atoms with Gasteiger partial charge in [-0.15, -0.1) is 0 Å². The molecule has 160 valence electrons. The largest absolute Gasteiger partial charge is 0.478 e. The van der Waals surface area contributed by atoms with Crippen molar-refractivity contribution in [1.29, 1.82) is 0 Å². The first-order chi connectivity index (χ1) is 15.0. The predicted octanol–water partition coefficient (Wildman–Crippen LogP) is 2.06. The van der Waals surface area contributed by atoms with Crippen molar-refractivity contribution in [2.24, 2.45) is 0 Å². The summed E-state index contributed by atoms with van der Waals surface area (Å²) in [6.45, 7) is 2.71. The maximum absolute atomic E-state index is 12.7. The molecule has 2 aromatic rings. The Morgan fingerprint density at radius 3 is 2.77 bits per heavy atom. The molecule has 3 amide bonds. The predicted molar refractivity (Wildman–Crippen MR) is 111 cm³/mol. The van der Waals surface area contributed by atoms with Gasteiger partial charge in [0.15, 0.2) is 5.78 Å². The number of nitrogens with one attached hydrogen (secondary N) is 1. The Morgan fingerprint density at radius 2 is 2.06 bits per heavy atom. The zero-order valence-corrected chi connectivity index (χ0v) is 17.2. The normalized spacial score (nSPS) is 18.0. The second-order valence-corrected chi connectivity index (χ2v) is 7.63. The maximum Gasteiger partial charge on any atom is 0.255 e. The average Bonchev–Trinajstić information content (AvgIpc) is 3.08. The van der Waals surface area contributed by atoms with Crippen LogP contribution in [-0.4, -0.2) is 46.0 Å². The van der Waals surface area contributed by atoms with Crippen molar-refractivity contribution in [1.82, 2.24) is 15.2 Å². The highest BCUT2D eigenvalue weighted by Crippen LogP contribution is 2.28. The van der Waals surface area contributed by atoms with Crippen LogP contribution in [0.5, 0.6) is 5.88 Å². The third-order valence-corrected chi connectivity index (χ3v) is 5.58. The van der Waals surface area contributed by atoms with Crippen LogP contribution in [0.15, 0.2) is 36.5 Å². The van der Waals surface area contributed by atoms with Crippen molar-refractivity contribution in [2.75, 3.05) is 6.61 Å². The number of aromatic nitrogens is 1. The maximum atomic E-state index is 12.7. The highest BCUT2D eigenvalue weighted by molar-refractivity contribution is 6.05. The summed E-state index contributed by atoms with van der Waals surface area (Å²) in [5.74, 6) is -0.458. The minimum Gasteiger partial charge on any atom is -0.478 e. The molecule has 0 spiro atoms. The Bertz CT molecular complexity index is 1050. The van der Waals surface area contributed by atoms with Gasteiger partial charge in [0.1, 0.15) is 6.04 Å². The molecule has 1 N–H and O–H groups in total. The van der Waals surface area contributed by atoms with E-state index in [2.05, 4.69) is 10.3 Å². The van der Waals surface area contributed by atoms with E-state index < -0.39 is 11.9 Å². The number of pyridine rings is 1. The molecule has 2 aliphatic heterocycles. The van der Waals surface area contributed by atoms with Crippen LogP contribution in [0.25, 0.3) is 0 Å². The zero-order valence-electron chi connectivity index (χ0n) is 17.2. The first kappa shape index (κ1) is 20.7. The van der Waals surface area contributed by atoms with Gasteiger partial charge in [-0.3, -0.25) is 24.5 Å². The van der Waals surface area contributed by atoms with E-state index >= 15 is 0 Å². The third-order valence-electron chi connectivity index (χ3n) is 5.58. The summed E-state index contributed by atoms with van der Waals surface area (Å²) in [5, 5.41) is 2.30. The van der Waals surface area contributed by atoms with E-state index in [-0.39, 0.29) is 24.0 Å². The lowest BCUT2D eigenvalue weighted by Gasteiger charge is -2.29. The molecule has 4 rings (SSSR count). The molecule has 8 heteroatoms. The Kier molecular flexibility index (Phi) is 5.79. The van der Waals surface area contributed by atoms with Gasteiger partial charge in [0.25, 0.3) is 5.91 Å². The second kappa shape index (κ2) is 8.67. The molecule has 1 fully saturated rings. The number of imide groups is 1. The van der Waals surface area contributed by atoms with Gasteiger partial charge in [0.2, 0.25) is 17.7 Å². The van der Waals surface area contributed by atoms with Gasteiger partial charge < -0.3 is 9.64 Å². The standard InChI is InChI=1S/C23H23N3O5/c1-2-31-21-10-5-15(12-24-21)19(27)8-4-14-3-6-17-16(11-14)13-26(23(17)30)18-7-9-20(28)25-22(18)29/h3,5-6,10-12,18H,2,4,7-9,13H2,1H3,(H,25,28,29). The molecule has 2 aliphatic rings. The Morgan fingerprint density at radius 1 is 1.23 bits per heavy atom. The van der Waals surface area contributed by atoms with Crippen LogP contribution in [0.4, 0.5) is 0 Å². The molecule has 1 aromatic heterocycles. The topological polar surface area (TPSA) is 106 Å². The lowest BCUT2D eigenvalue weighted by atomic mass is 10.0. The van der Waals surface area contributed by atoms with Crippen molar-refractivity contribution in [2.45, 2.75) is 45.2 Å². The number of hydrogen-bond donors (Lipinski definition) is 1.